The second-order valence-electron chi connectivity index (χ2n) is 4.49. The van der Waals surface area contributed by atoms with Crippen molar-refractivity contribution in [2.75, 3.05) is 11.9 Å². The predicted octanol–water partition coefficient (Wildman–Crippen LogP) is 3.69. The average molecular weight is 214 g/mol. The van der Waals surface area contributed by atoms with Crippen LogP contribution in [-0.2, 0) is 0 Å². The molecule has 0 aliphatic heterocycles. The number of nitrogens with one attached hydrogen (secondary N) is 1. The Bertz CT molecular complexity index is 458. The zero-order valence-corrected chi connectivity index (χ0v) is 9.90. The van der Waals surface area contributed by atoms with Gasteiger partial charge in [-0.2, -0.15) is 0 Å². The predicted molar refractivity (Wildman–Crippen MR) is 69.7 cm³/mol. The maximum Gasteiger partial charge on any atom is 0.0933 e. The molecule has 1 heterocycles. The molecule has 0 atom stereocenters. The van der Waals surface area contributed by atoms with E-state index in [0.29, 0.717) is 0 Å². The van der Waals surface area contributed by atoms with Crippen LogP contribution in [0.25, 0.3) is 10.9 Å². The number of benzene rings is 1. The summed E-state index contributed by atoms with van der Waals surface area (Å²) in [5.41, 5.74) is 2.20. The molecule has 2 rings (SSSR count). The van der Waals surface area contributed by atoms with Crippen molar-refractivity contribution in [2.45, 2.75) is 20.3 Å². The molecule has 0 fully saturated rings. The molecule has 1 N–H and O–H groups in total. The Morgan fingerprint density at radius 1 is 1.19 bits per heavy atom. The van der Waals surface area contributed by atoms with Crippen LogP contribution in [0.2, 0.25) is 0 Å². The third-order valence-corrected chi connectivity index (χ3v) is 2.67. The molecule has 0 unspecified atom stereocenters. The highest BCUT2D eigenvalue weighted by atomic mass is 14.9. The van der Waals surface area contributed by atoms with Crippen LogP contribution < -0.4 is 5.32 Å². The molecule has 84 valence electrons. The van der Waals surface area contributed by atoms with E-state index in [1.165, 1.54) is 11.8 Å². The fourth-order valence-corrected chi connectivity index (χ4v) is 1.74. The van der Waals surface area contributed by atoms with Gasteiger partial charge in [-0.05, 0) is 24.5 Å². The minimum absolute atomic E-state index is 0.732. The molecule has 0 aliphatic carbocycles. The lowest BCUT2D eigenvalue weighted by molar-refractivity contribution is 0.607. The molecule has 0 saturated carbocycles. The smallest absolute Gasteiger partial charge is 0.0933 e. The van der Waals surface area contributed by atoms with Gasteiger partial charge in [0.1, 0.15) is 0 Å². The van der Waals surface area contributed by atoms with Crippen molar-refractivity contribution in [1.82, 2.24) is 4.98 Å². The molecule has 0 spiro atoms. The summed E-state index contributed by atoms with van der Waals surface area (Å²) >= 11 is 0. The minimum atomic E-state index is 0.732. The van der Waals surface area contributed by atoms with Gasteiger partial charge in [0.25, 0.3) is 0 Å². The number of hydrogen-bond acceptors (Lipinski definition) is 2. The summed E-state index contributed by atoms with van der Waals surface area (Å²) in [4.78, 5) is 4.42. The Hall–Kier alpha value is -1.57. The number of rotatable bonds is 4. The monoisotopic (exact) mass is 214 g/mol. The van der Waals surface area contributed by atoms with Gasteiger partial charge in [-0.1, -0.05) is 32.0 Å². The molecular formula is C14H18N2. The van der Waals surface area contributed by atoms with Crippen LogP contribution in [0.5, 0.6) is 0 Å². The number of para-hydroxylation sites is 1. The molecule has 1 aromatic carbocycles. The van der Waals surface area contributed by atoms with Crippen LogP contribution in [-0.4, -0.2) is 11.5 Å². The van der Waals surface area contributed by atoms with Gasteiger partial charge in [-0.25, -0.2) is 0 Å². The summed E-state index contributed by atoms with van der Waals surface area (Å²) in [6.07, 6.45) is 3.03. The van der Waals surface area contributed by atoms with Crippen LogP contribution in [0.15, 0.2) is 36.5 Å². The number of pyridine rings is 1. The van der Waals surface area contributed by atoms with Gasteiger partial charge < -0.3 is 5.32 Å². The Kier molecular flexibility index (Phi) is 3.40. The van der Waals surface area contributed by atoms with Crippen LogP contribution in [0.3, 0.4) is 0 Å². The summed E-state index contributed by atoms with van der Waals surface area (Å²) in [6, 6.07) is 10.3. The van der Waals surface area contributed by atoms with Gasteiger partial charge >= 0.3 is 0 Å². The molecule has 0 amide bonds. The number of anilines is 1. The lowest BCUT2D eigenvalue weighted by atomic mass is 10.1. The molecule has 2 nitrogen and oxygen atoms in total. The van der Waals surface area contributed by atoms with Crippen molar-refractivity contribution in [3.63, 3.8) is 0 Å². The topological polar surface area (TPSA) is 24.9 Å². The summed E-state index contributed by atoms with van der Waals surface area (Å²) < 4.78 is 0. The lowest BCUT2D eigenvalue weighted by Crippen LogP contribution is -2.05. The van der Waals surface area contributed by atoms with Gasteiger partial charge in [-0.3, -0.25) is 4.98 Å². The number of aromatic nitrogens is 1. The van der Waals surface area contributed by atoms with Crippen LogP contribution in [0.1, 0.15) is 20.3 Å². The van der Waals surface area contributed by atoms with Crippen LogP contribution in [0, 0.1) is 5.92 Å². The zero-order valence-electron chi connectivity index (χ0n) is 9.90. The first kappa shape index (κ1) is 10.9. The van der Waals surface area contributed by atoms with E-state index in [4.69, 9.17) is 0 Å². The van der Waals surface area contributed by atoms with Gasteiger partial charge in [-0.15, -0.1) is 0 Å². The first-order valence-electron chi connectivity index (χ1n) is 5.85. The van der Waals surface area contributed by atoms with Crippen molar-refractivity contribution in [3.05, 3.63) is 36.5 Å². The number of hydrogen-bond donors (Lipinski definition) is 1. The molecule has 0 bridgehead atoms. The molecule has 1 aromatic heterocycles. The molecule has 0 aliphatic rings. The van der Waals surface area contributed by atoms with E-state index in [1.807, 2.05) is 12.3 Å². The summed E-state index contributed by atoms with van der Waals surface area (Å²) in [6.45, 7) is 5.49. The molecule has 16 heavy (non-hydrogen) atoms. The second-order valence-corrected chi connectivity index (χ2v) is 4.49. The fraction of sp³-hybridized carbons (Fsp3) is 0.357. The third kappa shape index (κ3) is 2.51. The highest BCUT2D eigenvalue weighted by molar-refractivity contribution is 5.90. The molecule has 0 radical (unpaired) electrons. The number of nitrogens with zero attached hydrogens (tertiary/aromatic N) is 1. The third-order valence-electron chi connectivity index (χ3n) is 2.67. The van der Waals surface area contributed by atoms with Crippen molar-refractivity contribution in [1.29, 1.82) is 0 Å². The highest BCUT2D eigenvalue weighted by Gasteiger charge is 2.00. The molecule has 2 heteroatoms. The van der Waals surface area contributed by atoms with E-state index in [2.05, 4.69) is 48.4 Å². The van der Waals surface area contributed by atoms with E-state index in [1.54, 1.807) is 0 Å². The first-order valence-corrected chi connectivity index (χ1v) is 5.85. The van der Waals surface area contributed by atoms with E-state index < -0.39 is 0 Å². The Morgan fingerprint density at radius 2 is 2.00 bits per heavy atom. The lowest BCUT2D eigenvalue weighted by Gasteiger charge is -2.10. The quantitative estimate of drug-likeness (QED) is 0.839. The summed E-state index contributed by atoms with van der Waals surface area (Å²) in [5, 5.41) is 4.65. The van der Waals surface area contributed by atoms with Crippen molar-refractivity contribution in [3.8, 4) is 0 Å². The van der Waals surface area contributed by atoms with E-state index in [-0.39, 0.29) is 0 Å². The van der Waals surface area contributed by atoms with Crippen LogP contribution >= 0.6 is 0 Å². The van der Waals surface area contributed by atoms with E-state index in [9.17, 15) is 0 Å². The minimum Gasteiger partial charge on any atom is -0.383 e. The maximum absolute atomic E-state index is 4.42. The Morgan fingerprint density at radius 3 is 2.81 bits per heavy atom. The van der Waals surface area contributed by atoms with Crippen molar-refractivity contribution < 1.29 is 0 Å². The zero-order chi connectivity index (χ0) is 11.4. The molecular weight excluding hydrogens is 196 g/mol. The van der Waals surface area contributed by atoms with Gasteiger partial charge in [0, 0.05) is 18.1 Å². The van der Waals surface area contributed by atoms with Crippen molar-refractivity contribution in [2.24, 2.45) is 5.92 Å². The van der Waals surface area contributed by atoms with Gasteiger partial charge in [0.2, 0.25) is 0 Å². The largest absolute Gasteiger partial charge is 0.383 e. The summed E-state index contributed by atoms with van der Waals surface area (Å²) in [5.74, 6) is 0.732. The second kappa shape index (κ2) is 4.97. The maximum atomic E-state index is 4.42. The molecule has 2 aromatic rings. The first-order chi connectivity index (χ1) is 7.77. The standard InChI is InChI=1S/C14H18N2/c1-11(2)8-10-15-13-7-3-5-12-6-4-9-16-14(12)13/h3-7,9,11,15H,8,10H2,1-2H3. The van der Waals surface area contributed by atoms with E-state index >= 15 is 0 Å². The Balaban J connectivity index is 2.17. The van der Waals surface area contributed by atoms with Crippen LogP contribution in [0.4, 0.5) is 5.69 Å². The Labute approximate surface area is 96.7 Å². The normalized spacial score (nSPS) is 10.9. The highest BCUT2D eigenvalue weighted by Crippen LogP contribution is 2.20. The summed E-state index contributed by atoms with van der Waals surface area (Å²) in [7, 11) is 0. The SMILES string of the molecule is CC(C)CCNc1cccc2cccnc12. The van der Waals surface area contributed by atoms with Gasteiger partial charge in [0.15, 0.2) is 0 Å². The van der Waals surface area contributed by atoms with E-state index in [0.717, 1.165) is 23.7 Å². The van der Waals surface area contributed by atoms with Gasteiger partial charge in [0.05, 0.1) is 11.2 Å². The molecule has 0 saturated heterocycles. The number of fused-ring (bicyclic) bond motifs is 1. The average Bonchev–Trinajstić information content (AvgIpc) is 2.29. The fourth-order valence-electron chi connectivity index (χ4n) is 1.74. The van der Waals surface area contributed by atoms with Crippen molar-refractivity contribution >= 4 is 16.6 Å².